The topological polar surface area (TPSA) is 182 Å². The fraction of sp³-hybridized carbons (Fsp3) is 0.276. The van der Waals surface area contributed by atoms with Crippen molar-refractivity contribution in [3.05, 3.63) is 77.0 Å². The minimum absolute atomic E-state index is 0.0189. The molecule has 0 spiro atoms. The molecule has 40 heavy (non-hydrogen) atoms. The molecular formula is C29H34N6O5. The minimum Gasteiger partial charge on any atom is -0.478 e. The molecule has 2 aromatic carbocycles. The Hall–Kier alpha value is -4.77. The Balaban J connectivity index is 2.05. The molecule has 0 saturated heterocycles. The molecule has 1 aromatic heterocycles. The van der Waals surface area contributed by atoms with Crippen LogP contribution in [0.3, 0.4) is 0 Å². The molecule has 1 atom stereocenters. The van der Waals surface area contributed by atoms with Crippen molar-refractivity contribution < 1.29 is 24.6 Å². The first-order valence-corrected chi connectivity index (χ1v) is 12.5. The van der Waals surface area contributed by atoms with Crippen LogP contribution in [0.15, 0.2) is 54.6 Å². The van der Waals surface area contributed by atoms with Gasteiger partial charge in [-0.3, -0.25) is 15.0 Å². The summed E-state index contributed by atoms with van der Waals surface area (Å²) >= 11 is 0. The van der Waals surface area contributed by atoms with E-state index in [9.17, 15) is 24.6 Å². The summed E-state index contributed by atoms with van der Waals surface area (Å²) in [5, 5.41) is 32.8. The number of carboxylic acids is 1. The van der Waals surface area contributed by atoms with E-state index >= 15 is 0 Å². The Morgan fingerprint density at radius 2 is 1.57 bits per heavy atom. The molecule has 3 rings (SSSR count). The van der Waals surface area contributed by atoms with Crippen LogP contribution in [0, 0.1) is 10.8 Å². The fourth-order valence-electron chi connectivity index (χ4n) is 3.89. The van der Waals surface area contributed by atoms with Crippen LogP contribution in [0.4, 0.5) is 11.5 Å². The molecule has 0 unspecified atom stereocenters. The van der Waals surface area contributed by atoms with Gasteiger partial charge in [0, 0.05) is 36.5 Å². The van der Waals surface area contributed by atoms with Crippen LogP contribution < -0.4 is 21.3 Å². The van der Waals surface area contributed by atoms with E-state index in [2.05, 4.69) is 15.6 Å². The lowest BCUT2D eigenvalue weighted by Crippen LogP contribution is -2.46. The van der Waals surface area contributed by atoms with Gasteiger partial charge in [0.2, 0.25) is 0 Å². The number of aliphatic hydroxyl groups excluding tert-OH is 1. The predicted octanol–water partition coefficient (Wildman–Crippen LogP) is 3.19. The number of carbonyl (C=O) groups is 3. The van der Waals surface area contributed by atoms with Crippen molar-refractivity contribution in [2.75, 3.05) is 30.9 Å². The lowest BCUT2D eigenvalue weighted by Gasteiger charge is -2.29. The highest BCUT2D eigenvalue weighted by molar-refractivity contribution is 6.10. The van der Waals surface area contributed by atoms with Gasteiger partial charge in [-0.15, -0.1) is 0 Å². The maximum Gasteiger partial charge on any atom is 0.336 e. The highest BCUT2D eigenvalue weighted by atomic mass is 16.4. The van der Waals surface area contributed by atoms with Gasteiger partial charge in [-0.1, -0.05) is 26.8 Å². The van der Waals surface area contributed by atoms with Crippen LogP contribution in [0.5, 0.6) is 0 Å². The third kappa shape index (κ3) is 6.80. The van der Waals surface area contributed by atoms with Crippen molar-refractivity contribution in [3.8, 4) is 11.1 Å². The van der Waals surface area contributed by atoms with E-state index in [4.69, 9.17) is 11.1 Å². The normalized spacial score (nSPS) is 11.8. The summed E-state index contributed by atoms with van der Waals surface area (Å²) < 4.78 is 0. The second kappa shape index (κ2) is 12.0. The molecule has 11 nitrogen and oxygen atoms in total. The first-order valence-electron chi connectivity index (χ1n) is 12.5. The zero-order chi connectivity index (χ0) is 29.8. The maximum atomic E-state index is 13.4. The zero-order valence-corrected chi connectivity index (χ0v) is 23.1. The van der Waals surface area contributed by atoms with Gasteiger partial charge < -0.3 is 31.5 Å². The van der Waals surface area contributed by atoms with Gasteiger partial charge in [0.25, 0.3) is 11.8 Å². The molecule has 0 bridgehead atoms. The van der Waals surface area contributed by atoms with E-state index in [0.29, 0.717) is 17.1 Å². The number of aliphatic hydroxyl groups is 1. The minimum atomic E-state index is -1.29. The second-order valence-corrected chi connectivity index (χ2v) is 10.5. The third-order valence-electron chi connectivity index (χ3n) is 6.34. The molecule has 7 N–H and O–H groups in total. The Kier molecular flexibility index (Phi) is 8.90. The van der Waals surface area contributed by atoms with E-state index in [1.165, 1.54) is 18.2 Å². The predicted molar refractivity (Wildman–Crippen MR) is 154 cm³/mol. The van der Waals surface area contributed by atoms with Gasteiger partial charge in [-0.2, -0.15) is 0 Å². The number of rotatable bonds is 9. The van der Waals surface area contributed by atoms with Crippen molar-refractivity contribution in [3.63, 3.8) is 0 Å². The molecule has 0 aliphatic heterocycles. The van der Waals surface area contributed by atoms with Gasteiger partial charge in [-0.25, -0.2) is 9.78 Å². The SMILES string of the molecule is CN(C)c1ccc(-c2ccc(C(=O)N[C@H](CO)C(C)(C)C)cc2C(=O)O)c(C(=O)Nc2ccc(C(=N)N)cc2)n1. The Labute approximate surface area is 232 Å². The van der Waals surface area contributed by atoms with E-state index < -0.39 is 29.2 Å². The number of nitrogens with two attached hydrogens (primary N) is 1. The number of aromatic nitrogens is 1. The number of anilines is 2. The summed E-state index contributed by atoms with van der Waals surface area (Å²) in [5.74, 6) is -2.03. The highest BCUT2D eigenvalue weighted by Gasteiger charge is 2.27. The van der Waals surface area contributed by atoms with Crippen LogP contribution in [0.2, 0.25) is 0 Å². The summed E-state index contributed by atoms with van der Waals surface area (Å²) in [7, 11) is 3.52. The Morgan fingerprint density at radius 1 is 0.975 bits per heavy atom. The lowest BCUT2D eigenvalue weighted by atomic mass is 9.87. The molecule has 11 heteroatoms. The van der Waals surface area contributed by atoms with E-state index in [-0.39, 0.29) is 40.4 Å². The van der Waals surface area contributed by atoms with Crippen LogP contribution in [0.1, 0.15) is 57.5 Å². The zero-order valence-electron chi connectivity index (χ0n) is 23.1. The number of nitrogens with one attached hydrogen (secondary N) is 3. The van der Waals surface area contributed by atoms with E-state index in [1.54, 1.807) is 55.4 Å². The molecule has 0 aliphatic carbocycles. The number of nitrogens with zero attached hydrogens (tertiary/aromatic N) is 2. The molecule has 2 amide bonds. The Bertz CT molecular complexity index is 1440. The monoisotopic (exact) mass is 546 g/mol. The number of benzene rings is 2. The molecule has 3 aromatic rings. The number of hydrogen-bond donors (Lipinski definition) is 6. The van der Waals surface area contributed by atoms with E-state index in [1.807, 2.05) is 20.8 Å². The van der Waals surface area contributed by atoms with Crippen LogP contribution in [-0.4, -0.2) is 65.6 Å². The maximum absolute atomic E-state index is 13.4. The number of amides is 2. The number of amidine groups is 1. The number of aromatic carboxylic acids is 1. The molecule has 0 radical (unpaired) electrons. The number of nitrogen functional groups attached to an aromatic ring is 1. The summed E-state index contributed by atoms with van der Waals surface area (Å²) in [6.45, 7) is 5.33. The van der Waals surface area contributed by atoms with Crippen molar-refractivity contribution >= 4 is 35.1 Å². The number of hydrogen-bond acceptors (Lipinski definition) is 7. The molecule has 0 aliphatic rings. The second-order valence-electron chi connectivity index (χ2n) is 10.5. The first kappa shape index (κ1) is 29.8. The van der Waals surface area contributed by atoms with Crippen LogP contribution in [-0.2, 0) is 0 Å². The van der Waals surface area contributed by atoms with Gasteiger partial charge >= 0.3 is 5.97 Å². The van der Waals surface area contributed by atoms with Crippen LogP contribution >= 0.6 is 0 Å². The van der Waals surface area contributed by atoms with E-state index in [0.717, 1.165) is 0 Å². The van der Waals surface area contributed by atoms with Gasteiger partial charge in [0.05, 0.1) is 18.2 Å². The van der Waals surface area contributed by atoms with Gasteiger partial charge in [0.1, 0.15) is 17.3 Å². The van der Waals surface area contributed by atoms with Crippen LogP contribution in [0.25, 0.3) is 11.1 Å². The van der Waals surface area contributed by atoms with Crippen molar-refractivity contribution in [1.82, 2.24) is 10.3 Å². The summed E-state index contributed by atoms with van der Waals surface area (Å²) in [5.41, 5.74) is 6.35. The van der Waals surface area contributed by atoms with Gasteiger partial charge in [0.15, 0.2) is 0 Å². The largest absolute Gasteiger partial charge is 0.478 e. The molecule has 210 valence electrons. The number of carboxylic acid groups (broad SMARTS) is 1. The summed E-state index contributed by atoms with van der Waals surface area (Å²) in [4.78, 5) is 44.8. The van der Waals surface area contributed by atoms with Gasteiger partial charge in [-0.05, 0) is 59.5 Å². The number of carbonyl (C=O) groups excluding carboxylic acids is 2. The van der Waals surface area contributed by atoms with Crippen molar-refractivity contribution in [2.24, 2.45) is 11.1 Å². The smallest absolute Gasteiger partial charge is 0.336 e. The highest BCUT2D eigenvalue weighted by Crippen LogP contribution is 2.30. The van der Waals surface area contributed by atoms with Crippen molar-refractivity contribution in [1.29, 1.82) is 5.41 Å². The average Bonchev–Trinajstić information content (AvgIpc) is 2.90. The Morgan fingerprint density at radius 3 is 2.10 bits per heavy atom. The molecule has 1 heterocycles. The fourth-order valence-corrected chi connectivity index (χ4v) is 3.89. The molecular weight excluding hydrogens is 512 g/mol. The lowest BCUT2D eigenvalue weighted by molar-refractivity contribution is 0.0697. The summed E-state index contributed by atoms with van der Waals surface area (Å²) in [6, 6.07) is 13.3. The quantitative estimate of drug-likeness (QED) is 0.175. The molecule has 0 saturated carbocycles. The standard InChI is InChI=1S/C29H34N6O5/c1-29(2,3)22(15-36)33-26(37)17-8-11-19(21(14-17)28(39)40)20-12-13-23(35(4)5)34-24(20)27(38)32-18-9-6-16(7-10-18)25(30)31/h6-14,22,36H,15H2,1-5H3,(H3,30,31)(H,32,38)(H,33,37)(H,39,40)/t22-/m1/s1. The van der Waals surface area contributed by atoms with Crippen molar-refractivity contribution in [2.45, 2.75) is 26.8 Å². The number of pyridine rings is 1. The average molecular weight is 547 g/mol. The first-order chi connectivity index (χ1) is 18.7. The molecule has 0 fully saturated rings. The summed E-state index contributed by atoms with van der Waals surface area (Å²) in [6.07, 6.45) is 0. The third-order valence-corrected chi connectivity index (χ3v) is 6.34.